The molecule has 1 fully saturated rings. The summed E-state index contributed by atoms with van der Waals surface area (Å²) in [5.41, 5.74) is 1.62. The van der Waals surface area contributed by atoms with Gasteiger partial charge in [0.2, 0.25) is 0 Å². The molecule has 2 amide bonds. The van der Waals surface area contributed by atoms with Crippen molar-refractivity contribution >= 4 is 12.0 Å². The molecule has 7 heteroatoms. The molecule has 1 aromatic heterocycles. The third-order valence-corrected chi connectivity index (χ3v) is 3.69. The Morgan fingerprint density at radius 3 is 2.70 bits per heavy atom. The predicted octanol–water partition coefficient (Wildman–Crippen LogP) is 1.47. The molecule has 7 nitrogen and oxygen atoms in total. The number of rotatable bonds is 3. The standard InChI is InChI=1S/C13H19N3O4/c1-7(11-8(2)15-20-9(11)3)14-13(19)16-5-4-10(6-16)12(17)18/h7,10H,4-6H2,1-3H3,(H,14,19)(H,17,18). The summed E-state index contributed by atoms with van der Waals surface area (Å²) in [7, 11) is 0. The number of aryl methyl sites for hydroxylation is 2. The normalized spacial score (nSPS) is 19.9. The Kier molecular flexibility index (Phi) is 3.96. The van der Waals surface area contributed by atoms with Crippen LogP contribution in [0.15, 0.2) is 4.52 Å². The molecule has 2 unspecified atom stereocenters. The van der Waals surface area contributed by atoms with E-state index in [1.807, 2.05) is 13.8 Å². The molecule has 1 saturated heterocycles. The second-order valence-corrected chi connectivity index (χ2v) is 5.18. The van der Waals surface area contributed by atoms with Crippen molar-refractivity contribution in [2.45, 2.75) is 33.2 Å². The Hall–Kier alpha value is -2.05. The van der Waals surface area contributed by atoms with Crippen LogP contribution in [-0.4, -0.2) is 40.3 Å². The van der Waals surface area contributed by atoms with Crippen LogP contribution >= 0.6 is 0 Å². The summed E-state index contributed by atoms with van der Waals surface area (Å²) in [6, 6.07) is -0.473. The van der Waals surface area contributed by atoms with Crippen molar-refractivity contribution in [3.8, 4) is 0 Å². The molecule has 1 aliphatic rings. The molecule has 0 radical (unpaired) electrons. The third-order valence-electron chi connectivity index (χ3n) is 3.69. The van der Waals surface area contributed by atoms with Crippen molar-refractivity contribution in [2.75, 3.05) is 13.1 Å². The van der Waals surface area contributed by atoms with E-state index in [2.05, 4.69) is 10.5 Å². The molecule has 0 spiro atoms. The number of nitrogens with one attached hydrogen (secondary N) is 1. The number of nitrogens with zero attached hydrogens (tertiary/aromatic N) is 2. The Morgan fingerprint density at radius 2 is 2.20 bits per heavy atom. The lowest BCUT2D eigenvalue weighted by molar-refractivity contribution is -0.141. The first-order chi connectivity index (χ1) is 9.40. The van der Waals surface area contributed by atoms with Gasteiger partial charge in [0.1, 0.15) is 5.76 Å². The van der Waals surface area contributed by atoms with Crippen LogP contribution in [0.2, 0.25) is 0 Å². The maximum absolute atomic E-state index is 12.1. The van der Waals surface area contributed by atoms with E-state index in [-0.39, 0.29) is 18.6 Å². The van der Waals surface area contributed by atoms with E-state index in [4.69, 9.17) is 9.63 Å². The van der Waals surface area contributed by atoms with Crippen molar-refractivity contribution in [2.24, 2.45) is 5.92 Å². The maximum Gasteiger partial charge on any atom is 0.317 e. The fourth-order valence-electron chi connectivity index (χ4n) is 2.60. The number of aliphatic carboxylic acids is 1. The monoisotopic (exact) mass is 281 g/mol. The highest BCUT2D eigenvalue weighted by atomic mass is 16.5. The lowest BCUT2D eigenvalue weighted by atomic mass is 10.1. The molecular weight excluding hydrogens is 262 g/mol. The fraction of sp³-hybridized carbons (Fsp3) is 0.615. The van der Waals surface area contributed by atoms with E-state index in [0.717, 1.165) is 11.3 Å². The molecular formula is C13H19N3O4. The molecule has 1 aromatic rings. The van der Waals surface area contributed by atoms with E-state index in [9.17, 15) is 9.59 Å². The lowest BCUT2D eigenvalue weighted by Gasteiger charge is -2.20. The smallest absolute Gasteiger partial charge is 0.317 e. The van der Waals surface area contributed by atoms with E-state index in [1.165, 1.54) is 4.90 Å². The van der Waals surface area contributed by atoms with Gasteiger partial charge in [-0.3, -0.25) is 4.79 Å². The number of aromatic nitrogens is 1. The van der Waals surface area contributed by atoms with Gasteiger partial charge in [-0.15, -0.1) is 0 Å². The van der Waals surface area contributed by atoms with E-state index >= 15 is 0 Å². The number of urea groups is 1. The molecule has 2 atom stereocenters. The maximum atomic E-state index is 12.1. The average Bonchev–Trinajstić information content (AvgIpc) is 2.96. The molecule has 2 rings (SSSR count). The zero-order valence-electron chi connectivity index (χ0n) is 11.8. The molecule has 0 aliphatic carbocycles. The quantitative estimate of drug-likeness (QED) is 0.874. The SMILES string of the molecule is Cc1noc(C)c1C(C)NC(=O)N1CCC(C(=O)O)C1. The highest BCUT2D eigenvalue weighted by molar-refractivity contribution is 5.77. The largest absolute Gasteiger partial charge is 0.481 e. The van der Waals surface area contributed by atoms with Crippen molar-refractivity contribution in [3.05, 3.63) is 17.0 Å². The van der Waals surface area contributed by atoms with Gasteiger partial charge in [0, 0.05) is 18.7 Å². The predicted molar refractivity (Wildman–Crippen MR) is 70.2 cm³/mol. The van der Waals surface area contributed by atoms with E-state index in [0.29, 0.717) is 18.7 Å². The first-order valence-electron chi connectivity index (χ1n) is 6.61. The van der Waals surface area contributed by atoms with Gasteiger partial charge in [-0.05, 0) is 27.2 Å². The lowest BCUT2D eigenvalue weighted by Crippen LogP contribution is -2.40. The fourth-order valence-corrected chi connectivity index (χ4v) is 2.60. The number of hydrogen-bond acceptors (Lipinski definition) is 4. The number of carboxylic acids is 1. The van der Waals surface area contributed by atoms with Crippen molar-refractivity contribution < 1.29 is 19.2 Å². The van der Waals surface area contributed by atoms with Crippen LogP contribution in [0.3, 0.4) is 0 Å². The summed E-state index contributed by atoms with van der Waals surface area (Å²) >= 11 is 0. The van der Waals surface area contributed by atoms with Crippen molar-refractivity contribution in [3.63, 3.8) is 0 Å². The minimum Gasteiger partial charge on any atom is -0.481 e. The second kappa shape index (κ2) is 5.52. The molecule has 110 valence electrons. The molecule has 2 heterocycles. The van der Waals surface area contributed by atoms with Crippen molar-refractivity contribution in [1.29, 1.82) is 0 Å². The first-order valence-corrected chi connectivity index (χ1v) is 6.61. The summed E-state index contributed by atoms with van der Waals surface area (Å²) in [5, 5.41) is 15.7. The molecule has 2 N–H and O–H groups in total. The van der Waals surface area contributed by atoms with Crippen LogP contribution < -0.4 is 5.32 Å². The zero-order chi connectivity index (χ0) is 14.9. The minimum atomic E-state index is -0.848. The van der Waals surface area contributed by atoms with Gasteiger partial charge in [0.05, 0.1) is 17.7 Å². The van der Waals surface area contributed by atoms with Gasteiger partial charge in [0.15, 0.2) is 0 Å². The summed E-state index contributed by atoms with van der Waals surface area (Å²) < 4.78 is 5.08. The van der Waals surface area contributed by atoms with Crippen LogP contribution in [-0.2, 0) is 4.79 Å². The number of carboxylic acid groups (broad SMARTS) is 1. The third kappa shape index (κ3) is 2.76. The second-order valence-electron chi connectivity index (χ2n) is 5.18. The topological polar surface area (TPSA) is 95.7 Å². The Labute approximate surface area is 116 Å². The molecule has 0 saturated carbocycles. The van der Waals surface area contributed by atoms with Gasteiger partial charge in [0.25, 0.3) is 0 Å². The van der Waals surface area contributed by atoms with Crippen LogP contribution in [0.5, 0.6) is 0 Å². The summed E-state index contributed by atoms with van der Waals surface area (Å²) in [5.74, 6) is -0.630. The van der Waals surface area contributed by atoms with Gasteiger partial charge in [-0.1, -0.05) is 5.16 Å². The van der Waals surface area contributed by atoms with Crippen LogP contribution in [0.4, 0.5) is 4.79 Å². The number of hydrogen-bond donors (Lipinski definition) is 2. The van der Waals surface area contributed by atoms with Crippen LogP contribution in [0, 0.1) is 19.8 Å². The molecule has 0 aromatic carbocycles. The Bertz CT molecular complexity index is 506. The van der Waals surface area contributed by atoms with Gasteiger partial charge < -0.3 is 19.8 Å². The van der Waals surface area contributed by atoms with Crippen molar-refractivity contribution in [1.82, 2.24) is 15.4 Å². The van der Waals surface area contributed by atoms with E-state index in [1.54, 1.807) is 6.92 Å². The highest BCUT2D eigenvalue weighted by Crippen LogP contribution is 2.22. The van der Waals surface area contributed by atoms with Gasteiger partial charge >= 0.3 is 12.0 Å². The van der Waals surface area contributed by atoms with Crippen LogP contribution in [0.25, 0.3) is 0 Å². The molecule has 0 bridgehead atoms. The van der Waals surface area contributed by atoms with E-state index < -0.39 is 11.9 Å². The molecule has 1 aliphatic heterocycles. The number of carbonyl (C=O) groups is 2. The van der Waals surface area contributed by atoms with Gasteiger partial charge in [-0.25, -0.2) is 4.79 Å². The average molecular weight is 281 g/mol. The van der Waals surface area contributed by atoms with Gasteiger partial charge in [-0.2, -0.15) is 0 Å². The number of carbonyl (C=O) groups excluding carboxylic acids is 1. The Balaban J connectivity index is 1.97. The number of likely N-dealkylation sites (tertiary alicyclic amines) is 1. The minimum absolute atomic E-state index is 0.224. The zero-order valence-corrected chi connectivity index (χ0v) is 11.8. The summed E-state index contributed by atoms with van der Waals surface area (Å²) in [4.78, 5) is 24.5. The Morgan fingerprint density at radius 1 is 1.50 bits per heavy atom. The van der Waals surface area contributed by atoms with Crippen LogP contribution in [0.1, 0.15) is 36.4 Å². The highest BCUT2D eigenvalue weighted by Gasteiger charge is 2.31. The first kappa shape index (κ1) is 14.4. The number of amides is 2. The molecule has 20 heavy (non-hydrogen) atoms. The summed E-state index contributed by atoms with van der Waals surface area (Å²) in [6.07, 6.45) is 0.502. The summed E-state index contributed by atoms with van der Waals surface area (Å²) in [6.45, 7) is 6.21.